The molecule has 1 fully saturated rings. The van der Waals surface area contributed by atoms with Gasteiger partial charge in [-0.1, -0.05) is 12.1 Å². The van der Waals surface area contributed by atoms with E-state index in [9.17, 15) is 8.42 Å². The fourth-order valence-electron chi connectivity index (χ4n) is 2.22. The van der Waals surface area contributed by atoms with Crippen molar-refractivity contribution in [3.63, 3.8) is 0 Å². The van der Waals surface area contributed by atoms with Crippen molar-refractivity contribution in [2.45, 2.75) is 17.9 Å². The SMILES string of the molecule is NCc1ccc(S(=O)(=O)NCCCN2CCOCC2)cc1. The smallest absolute Gasteiger partial charge is 0.240 e. The Hall–Kier alpha value is -0.990. The third-order valence-corrected chi connectivity index (χ3v) is 4.99. The lowest BCUT2D eigenvalue weighted by Crippen LogP contribution is -2.38. The third kappa shape index (κ3) is 5.05. The number of hydrogen-bond donors (Lipinski definition) is 2. The molecule has 0 saturated carbocycles. The molecule has 1 heterocycles. The monoisotopic (exact) mass is 313 g/mol. The van der Waals surface area contributed by atoms with E-state index in [2.05, 4.69) is 9.62 Å². The minimum absolute atomic E-state index is 0.283. The highest BCUT2D eigenvalue weighted by Gasteiger charge is 2.14. The Morgan fingerprint density at radius 1 is 1.19 bits per heavy atom. The molecule has 0 bridgehead atoms. The summed E-state index contributed by atoms with van der Waals surface area (Å²) in [5, 5.41) is 0. The van der Waals surface area contributed by atoms with Gasteiger partial charge in [0.15, 0.2) is 0 Å². The lowest BCUT2D eigenvalue weighted by molar-refractivity contribution is 0.0376. The maximum Gasteiger partial charge on any atom is 0.240 e. The van der Waals surface area contributed by atoms with Crippen LogP contribution in [0.3, 0.4) is 0 Å². The first-order valence-corrected chi connectivity index (χ1v) is 8.69. The van der Waals surface area contributed by atoms with E-state index in [1.165, 1.54) is 0 Å². The van der Waals surface area contributed by atoms with Crippen LogP contribution in [-0.2, 0) is 21.3 Å². The van der Waals surface area contributed by atoms with Crippen molar-refractivity contribution >= 4 is 10.0 Å². The molecule has 2 rings (SSSR count). The van der Waals surface area contributed by atoms with Crippen molar-refractivity contribution in [1.82, 2.24) is 9.62 Å². The van der Waals surface area contributed by atoms with E-state index in [1.807, 2.05) is 0 Å². The van der Waals surface area contributed by atoms with E-state index in [0.29, 0.717) is 13.1 Å². The molecule has 1 aromatic carbocycles. The van der Waals surface area contributed by atoms with Gasteiger partial charge in [0.2, 0.25) is 10.0 Å². The largest absolute Gasteiger partial charge is 0.379 e. The fraction of sp³-hybridized carbons (Fsp3) is 0.571. The van der Waals surface area contributed by atoms with Crippen molar-refractivity contribution in [2.24, 2.45) is 5.73 Å². The Balaban J connectivity index is 1.77. The minimum Gasteiger partial charge on any atom is -0.379 e. The third-order valence-electron chi connectivity index (χ3n) is 3.52. The molecule has 7 heteroatoms. The predicted molar refractivity (Wildman–Crippen MR) is 81.4 cm³/mol. The van der Waals surface area contributed by atoms with E-state index in [-0.39, 0.29) is 4.90 Å². The summed E-state index contributed by atoms with van der Waals surface area (Å²) >= 11 is 0. The quantitative estimate of drug-likeness (QED) is 0.700. The van der Waals surface area contributed by atoms with E-state index in [1.54, 1.807) is 24.3 Å². The highest BCUT2D eigenvalue weighted by Crippen LogP contribution is 2.10. The van der Waals surface area contributed by atoms with Gasteiger partial charge in [0.25, 0.3) is 0 Å². The van der Waals surface area contributed by atoms with Crippen LogP contribution in [0.2, 0.25) is 0 Å². The minimum atomic E-state index is -3.42. The zero-order valence-electron chi connectivity index (χ0n) is 12.1. The number of ether oxygens (including phenoxy) is 1. The second-order valence-electron chi connectivity index (χ2n) is 5.05. The molecule has 0 unspecified atom stereocenters. The molecule has 118 valence electrons. The topological polar surface area (TPSA) is 84.7 Å². The number of nitrogens with one attached hydrogen (secondary N) is 1. The standard InChI is InChI=1S/C14H23N3O3S/c15-12-13-2-4-14(5-3-13)21(18,19)16-6-1-7-17-8-10-20-11-9-17/h2-5,16H,1,6-12,15H2. The zero-order chi connectivity index (χ0) is 15.1. The first-order chi connectivity index (χ1) is 10.1. The molecular formula is C14H23N3O3S. The lowest BCUT2D eigenvalue weighted by Gasteiger charge is -2.26. The summed E-state index contributed by atoms with van der Waals surface area (Å²) in [6, 6.07) is 6.66. The average molecular weight is 313 g/mol. The number of morpholine rings is 1. The van der Waals surface area contributed by atoms with Crippen LogP contribution in [-0.4, -0.2) is 52.7 Å². The van der Waals surface area contributed by atoms with Gasteiger partial charge in [-0.05, 0) is 30.7 Å². The molecule has 1 aliphatic heterocycles. The Labute approximate surface area is 126 Å². The molecule has 21 heavy (non-hydrogen) atoms. The van der Waals surface area contributed by atoms with E-state index in [0.717, 1.165) is 44.8 Å². The van der Waals surface area contributed by atoms with Crippen molar-refractivity contribution in [2.75, 3.05) is 39.4 Å². The Morgan fingerprint density at radius 3 is 2.48 bits per heavy atom. The Bertz CT molecular complexity index is 525. The highest BCUT2D eigenvalue weighted by molar-refractivity contribution is 7.89. The molecule has 0 amide bonds. The first kappa shape index (κ1) is 16.4. The van der Waals surface area contributed by atoms with Crippen LogP contribution in [0.4, 0.5) is 0 Å². The van der Waals surface area contributed by atoms with Crippen LogP contribution in [0, 0.1) is 0 Å². The summed E-state index contributed by atoms with van der Waals surface area (Å²) in [6.07, 6.45) is 0.792. The van der Waals surface area contributed by atoms with Gasteiger partial charge in [-0.3, -0.25) is 4.90 Å². The summed E-state index contributed by atoms with van der Waals surface area (Å²) in [5.74, 6) is 0. The fourth-order valence-corrected chi connectivity index (χ4v) is 3.30. The number of hydrogen-bond acceptors (Lipinski definition) is 5. The molecule has 1 aliphatic rings. The second-order valence-corrected chi connectivity index (χ2v) is 6.82. The zero-order valence-corrected chi connectivity index (χ0v) is 12.9. The van der Waals surface area contributed by atoms with E-state index < -0.39 is 10.0 Å². The summed E-state index contributed by atoms with van der Waals surface area (Å²) in [7, 11) is -3.42. The highest BCUT2D eigenvalue weighted by atomic mass is 32.2. The average Bonchev–Trinajstić information content (AvgIpc) is 2.53. The molecule has 0 aliphatic carbocycles. The van der Waals surface area contributed by atoms with Gasteiger partial charge in [0.1, 0.15) is 0 Å². The first-order valence-electron chi connectivity index (χ1n) is 7.20. The van der Waals surface area contributed by atoms with Crippen LogP contribution in [0.15, 0.2) is 29.2 Å². The van der Waals surface area contributed by atoms with Crippen LogP contribution in [0.1, 0.15) is 12.0 Å². The van der Waals surface area contributed by atoms with Gasteiger partial charge in [-0.25, -0.2) is 13.1 Å². The maximum atomic E-state index is 12.1. The van der Waals surface area contributed by atoms with Crippen LogP contribution >= 0.6 is 0 Å². The van der Waals surface area contributed by atoms with Crippen LogP contribution < -0.4 is 10.5 Å². The maximum absolute atomic E-state index is 12.1. The van der Waals surface area contributed by atoms with Crippen molar-refractivity contribution in [1.29, 1.82) is 0 Å². The number of nitrogens with zero attached hydrogens (tertiary/aromatic N) is 1. The van der Waals surface area contributed by atoms with Gasteiger partial charge in [-0.15, -0.1) is 0 Å². The molecule has 1 aromatic rings. The number of rotatable bonds is 7. The summed E-state index contributed by atoms with van der Waals surface area (Å²) in [4.78, 5) is 2.57. The van der Waals surface area contributed by atoms with Gasteiger partial charge in [0.05, 0.1) is 18.1 Å². The van der Waals surface area contributed by atoms with E-state index >= 15 is 0 Å². The molecule has 6 nitrogen and oxygen atoms in total. The Kier molecular flexibility index (Phi) is 6.13. The molecule has 1 saturated heterocycles. The molecule has 0 aromatic heterocycles. The van der Waals surface area contributed by atoms with Gasteiger partial charge >= 0.3 is 0 Å². The molecule has 0 radical (unpaired) electrons. The number of benzene rings is 1. The van der Waals surface area contributed by atoms with Crippen LogP contribution in [0.25, 0.3) is 0 Å². The molecule has 0 atom stereocenters. The summed E-state index contributed by atoms with van der Waals surface area (Å²) in [5.41, 5.74) is 6.42. The molecule has 0 spiro atoms. The van der Waals surface area contributed by atoms with Crippen molar-refractivity contribution in [3.8, 4) is 0 Å². The summed E-state index contributed by atoms with van der Waals surface area (Å²) < 4.78 is 32.1. The second kappa shape index (κ2) is 7.86. The summed E-state index contributed by atoms with van der Waals surface area (Å²) in [6.45, 7) is 5.11. The van der Waals surface area contributed by atoms with Gasteiger partial charge < -0.3 is 10.5 Å². The van der Waals surface area contributed by atoms with Gasteiger partial charge in [0, 0.05) is 26.2 Å². The van der Waals surface area contributed by atoms with E-state index in [4.69, 9.17) is 10.5 Å². The van der Waals surface area contributed by atoms with Crippen molar-refractivity contribution in [3.05, 3.63) is 29.8 Å². The number of nitrogens with two attached hydrogens (primary N) is 1. The molecular weight excluding hydrogens is 290 g/mol. The predicted octanol–water partition coefficient (Wildman–Crippen LogP) is 0.146. The van der Waals surface area contributed by atoms with Crippen molar-refractivity contribution < 1.29 is 13.2 Å². The normalized spacial score (nSPS) is 17.0. The number of sulfonamides is 1. The lowest BCUT2D eigenvalue weighted by atomic mass is 10.2. The Morgan fingerprint density at radius 2 is 1.86 bits per heavy atom. The van der Waals surface area contributed by atoms with Crippen LogP contribution in [0.5, 0.6) is 0 Å². The van der Waals surface area contributed by atoms with Gasteiger partial charge in [-0.2, -0.15) is 0 Å². The molecule has 3 N–H and O–H groups in total.